The van der Waals surface area contributed by atoms with Crippen LogP contribution >= 0.6 is 27.3 Å². The summed E-state index contributed by atoms with van der Waals surface area (Å²) in [5.74, 6) is 1.20. The number of aryl methyl sites for hydroxylation is 1. The molecule has 3 rings (SSSR count). The first kappa shape index (κ1) is 9.48. The third-order valence-electron chi connectivity index (χ3n) is 2.61. The van der Waals surface area contributed by atoms with E-state index in [0.29, 0.717) is 5.92 Å². The van der Waals surface area contributed by atoms with E-state index in [4.69, 9.17) is 9.15 Å². The molecule has 15 heavy (non-hydrogen) atoms. The fourth-order valence-corrected chi connectivity index (χ4v) is 3.41. The molecule has 1 aliphatic rings. The topological polar surface area (TPSA) is 22.4 Å². The van der Waals surface area contributed by atoms with Crippen molar-refractivity contribution >= 4 is 27.3 Å². The maximum Gasteiger partial charge on any atom is 0.176 e. The lowest BCUT2D eigenvalue weighted by atomic mass is 10.0. The van der Waals surface area contributed by atoms with Crippen LogP contribution in [0.15, 0.2) is 27.5 Å². The third kappa shape index (κ3) is 1.43. The molecule has 4 heteroatoms. The van der Waals surface area contributed by atoms with Crippen LogP contribution in [0.1, 0.15) is 21.2 Å². The summed E-state index contributed by atoms with van der Waals surface area (Å²) in [4.78, 5) is 2.67. The summed E-state index contributed by atoms with van der Waals surface area (Å²) in [5, 5.41) is 0. The van der Waals surface area contributed by atoms with Gasteiger partial charge in [0.1, 0.15) is 12.9 Å². The molecule has 0 N–H and O–H groups in total. The SMILES string of the molecule is Cc1ccc(C2COc3coc(Br)c32)s1. The highest BCUT2D eigenvalue weighted by Crippen LogP contribution is 2.45. The molecule has 1 aliphatic heterocycles. The van der Waals surface area contributed by atoms with Gasteiger partial charge in [-0.1, -0.05) is 0 Å². The largest absolute Gasteiger partial charge is 0.489 e. The summed E-state index contributed by atoms with van der Waals surface area (Å²) < 4.78 is 11.7. The Labute approximate surface area is 100.0 Å². The number of furan rings is 1. The Kier molecular flexibility index (Phi) is 2.14. The summed E-state index contributed by atoms with van der Waals surface area (Å²) in [5.41, 5.74) is 1.15. The van der Waals surface area contributed by atoms with Crippen LogP contribution in [0.3, 0.4) is 0 Å². The Morgan fingerprint density at radius 2 is 2.33 bits per heavy atom. The number of thiophene rings is 1. The van der Waals surface area contributed by atoms with E-state index < -0.39 is 0 Å². The highest BCUT2D eigenvalue weighted by molar-refractivity contribution is 9.10. The van der Waals surface area contributed by atoms with E-state index in [9.17, 15) is 0 Å². The smallest absolute Gasteiger partial charge is 0.176 e. The van der Waals surface area contributed by atoms with E-state index in [0.717, 1.165) is 22.6 Å². The van der Waals surface area contributed by atoms with Gasteiger partial charge < -0.3 is 9.15 Å². The number of fused-ring (bicyclic) bond motifs is 1. The maximum atomic E-state index is 5.58. The lowest BCUT2D eigenvalue weighted by Crippen LogP contribution is -2.00. The van der Waals surface area contributed by atoms with Gasteiger partial charge in [0.05, 0.1) is 11.5 Å². The van der Waals surface area contributed by atoms with Crippen LogP contribution in [0, 0.1) is 6.92 Å². The Morgan fingerprint density at radius 3 is 3.07 bits per heavy atom. The molecule has 0 saturated carbocycles. The zero-order valence-corrected chi connectivity index (χ0v) is 10.5. The number of hydrogen-bond donors (Lipinski definition) is 0. The second kappa shape index (κ2) is 3.39. The first-order chi connectivity index (χ1) is 7.25. The summed E-state index contributed by atoms with van der Waals surface area (Å²) in [6.07, 6.45) is 1.67. The van der Waals surface area contributed by atoms with Crippen molar-refractivity contribution in [3.8, 4) is 5.75 Å². The second-order valence-corrected chi connectivity index (χ2v) is 5.64. The molecule has 0 aliphatic carbocycles. The average Bonchev–Trinajstić information content (AvgIpc) is 2.84. The fourth-order valence-electron chi connectivity index (χ4n) is 1.87. The van der Waals surface area contributed by atoms with Gasteiger partial charge in [-0.05, 0) is 35.0 Å². The molecule has 0 saturated heterocycles. The molecule has 2 aromatic heterocycles. The third-order valence-corrected chi connectivity index (χ3v) is 4.33. The van der Waals surface area contributed by atoms with Gasteiger partial charge in [0.2, 0.25) is 0 Å². The predicted molar refractivity (Wildman–Crippen MR) is 62.8 cm³/mol. The first-order valence-electron chi connectivity index (χ1n) is 4.71. The molecule has 0 bridgehead atoms. The van der Waals surface area contributed by atoms with E-state index >= 15 is 0 Å². The van der Waals surface area contributed by atoms with Gasteiger partial charge in [0.15, 0.2) is 10.4 Å². The van der Waals surface area contributed by atoms with Crippen molar-refractivity contribution < 1.29 is 9.15 Å². The molecule has 2 nitrogen and oxygen atoms in total. The number of ether oxygens (including phenoxy) is 1. The van der Waals surface area contributed by atoms with Gasteiger partial charge in [0, 0.05) is 9.75 Å². The van der Waals surface area contributed by atoms with Gasteiger partial charge in [-0.15, -0.1) is 11.3 Å². The fraction of sp³-hybridized carbons (Fsp3) is 0.273. The molecule has 78 valence electrons. The standard InChI is InChI=1S/C11H9BrO2S/c1-6-2-3-9(15-6)7-4-13-8-5-14-11(12)10(7)8/h2-3,5,7H,4H2,1H3. The Morgan fingerprint density at radius 1 is 1.47 bits per heavy atom. The Bertz CT molecular complexity index is 500. The highest BCUT2D eigenvalue weighted by atomic mass is 79.9. The summed E-state index contributed by atoms with van der Waals surface area (Å²) in [6, 6.07) is 4.31. The average molecular weight is 285 g/mol. The van der Waals surface area contributed by atoms with Gasteiger partial charge in [-0.2, -0.15) is 0 Å². The van der Waals surface area contributed by atoms with E-state index in [2.05, 4.69) is 35.0 Å². The molecule has 0 spiro atoms. The summed E-state index contributed by atoms with van der Waals surface area (Å²) in [6.45, 7) is 2.84. The van der Waals surface area contributed by atoms with Crippen LogP contribution in [0.5, 0.6) is 5.75 Å². The van der Waals surface area contributed by atoms with Crippen LogP contribution in [-0.2, 0) is 0 Å². The van der Waals surface area contributed by atoms with Crippen molar-refractivity contribution in [2.75, 3.05) is 6.61 Å². The van der Waals surface area contributed by atoms with E-state index in [-0.39, 0.29) is 0 Å². The zero-order chi connectivity index (χ0) is 10.4. The summed E-state index contributed by atoms with van der Waals surface area (Å²) >= 11 is 5.24. The Hall–Kier alpha value is -0.740. The quantitative estimate of drug-likeness (QED) is 0.792. The molecule has 2 aromatic rings. The minimum atomic E-state index is 0.326. The van der Waals surface area contributed by atoms with Crippen molar-refractivity contribution in [1.29, 1.82) is 0 Å². The molecule has 0 radical (unpaired) electrons. The highest BCUT2D eigenvalue weighted by Gasteiger charge is 2.31. The van der Waals surface area contributed by atoms with E-state index in [1.54, 1.807) is 6.26 Å². The molecular formula is C11H9BrO2S. The van der Waals surface area contributed by atoms with Gasteiger partial charge in [0.25, 0.3) is 0 Å². The minimum absolute atomic E-state index is 0.326. The van der Waals surface area contributed by atoms with Gasteiger partial charge in [-0.3, -0.25) is 0 Å². The first-order valence-corrected chi connectivity index (χ1v) is 6.32. The van der Waals surface area contributed by atoms with Crippen molar-refractivity contribution in [2.45, 2.75) is 12.8 Å². The van der Waals surface area contributed by atoms with E-state index in [1.165, 1.54) is 9.75 Å². The molecule has 0 fully saturated rings. The molecule has 3 heterocycles. The zero-order valence-electron chi connectivity index (χ0n) is 8.12. The maximum absolute atomic E-state index is 5.58. The van der Waals surface area contributed by atoms with Gasteiger partial charge >= 0.3 is 0 Å². The van der Waals surface area contributed by atoms with Crippen molar-refractivity contribution in [1.82, 2.24) is 0 Å². The minimum Gasteiger partial charge on any atom is -0.489 e. The number of halogens is 1. The summed E-state index contributed by atoms with van der Waals surface area (Å²) in [7, 11) is 0. The monoisotopic (exact) mass is 284 g/mol. The predicted octanol–water partition coefficient (Wildman–Crippen LogP) is 3.94. The van der Waals surface area contributed by atoms with Crippen LogP contribution in [0.25, 0.3) is 0 Å². The van der Waals surface area contributed by atoms with Crippen LogP contribution in [0.2, 0.25) is 0 Å². The lowest BCUT2D eigenvalue weighted by molar-refractivity contribution is 0.332. The van der Waals surface area contributed by atoms with Crippen LogP contribution in [-0.4, -0.2) is 6.61 Å². The second-order valence-electron chi connectivity index (χ2n) is 3.60. The van der Waals surface area contributed by atoms with Crippen molar-refractivity contribution in [2.24, 2.45) is 0 Å². The van der Waals surface area contributed by atoms with Gasteiger partial charge in [-0.25, -0.2) is 0 Å². The molecule has 1 atom stereocenters. The number of hydrogen-bond acceptors (Lipinski definition) is 3. The number of rotatable bonds is 1. The van der Waals surface area contributed by atoms with Crippen molar-refractivity contribution in [3.05, 3.63) is 38.4 Å². The molecule has 0 amide bonds. The van der Waals surface area contributed by atoms with E-state index in [1.807, 2.05) is 11.3 Å². The van der Waals surface area contributed by atoms with Crippen LogP contribution < -0.4 is 4.74 Å². The lowest BCUT2D eigenvalue weighted by Gasteiger charge is -2.04. The molecule has 0 aromatic carbocycles. The Balaban J connectivity index is 2.06. The van der Waals surface area contributed by atoms with Crippen molar-refractivity contribution in [3.63, 3.8) is 0 Å². The van der Waals surface area contributed by atoms with Crippen LogP contribution in [0.4, 0.5) is 0 Å². The molecular weight excluding hydrogens is 276 g/mol. The normalized spacial score (nSPS) is 18.9. The molecule has 1 unspecified atom stereocenters.